The van der Waals surface area contributed by atoms with Gasteiger partial charge in [-0.3, -0.25) is 9.59 Å². The van der Waals surface area contributed by atoms with Crippen LogP contribution in [0.3, 0.4) is 0 Å². The third kappa shape index (κ3) is 5.55. The first-order chi connectivity index (χ1) is 15.3. The van der Waals surface area contributed by atoms with Gasteiger partial charge in [0.05, 0.1) is 24.7 Å². The van der Waals surface area contributed by atoms with Crippen molar-refractivity contribution in [3.63, 3.8) is 0 Å². The van der Waals surface area contributed by atoms with Crippen molar-refractivity contribution in [3.05, 3.63) is 48.0 Å². The smallest absolute Gasteiger partial charge is 0.303 e. The first-order valence-corrected chi connectivity index (χ1v) is 11.4. The number of fused-ring (bicyclic) bond motifs is 1. The van der Waals surface area contributed by atoms with E-state index in [4.69, 9.17) is 14.2 Å². The summed E-state index contributed by atoms with van der Waals surface area (Å²) in [6.45, 7) is 4.95. The molecule has 0 radical (unpaired) electrons. The summed E-state index contributed by atoms with van der Waals surface area (Å²) in [5, 5.41) is -0.419. The monoisotopic (exact) mass is 458 g/mol. The van der Waals surface area contributed by atoms with E-state index in [1.165, 1.54) is 18.7 Å². The van der Waals surface area contributed by atoms with Gasteiger partial charge in [0.1, 0.15) is 11.5 Å². The lowest BCUT2D eigenvalue weighted by Crippen LogP contribution is -2.45. The van der Waals surface area contributed by atoms with Gasteiger partial charge in [0, 0.05) is 24.9 Å². The first kappa shape index (κ1) is 23.9. The van der Waals surface area contributed by atoms with Gasteiger partial charge >= 0.3 is 5.97 Å². The summed E-state index contributed by atoms with van der Waals surface area (Å²) in [5.41, 5.74) is 1.66. The fourth-order valence-electron chi connectivity index (χ4n) is 3.53. The van der Waals surface area contributed by atoms with E-state index in [1.807, 2.05) is 68.4 Å². The Hall–Kier alpha value is -2.71. The van der Waals surface area contributed by atoms with Crippen LogP contribution in [-0.2, 0) is 14.3 Å². The summed E-state index contributed by atoms with van der Waals surface area (Å²) in [5.74, 6) is 0.724. The minimum absolute atomic E-state index is 0.238. The molecule has 1 amide bonds. The predicted molar refractivity (Wildman–Crippen MR) is 126 cm³/mol. The Balaban J connectivity index is 2.10. The molecule has 1 aliphatic rings. The second kappa shape index (κ2) is 10.7. The number of hydrogen-bond acceptors (Lipinski definition) is 7. The Labute approximate surface area is 193 Å². The largest absolute Gasteiger partial charge is 0.497 e. The zero-order chi connectivity index (χ0) is 23.3. The zero-order valence-electron chi connectivity index (χ0n) is 19.2. The number of amides is 1. The van der Waals surface area contributed by atoms with Crippen LogP contribution >= 0.6 is 11.8 Å². The molecule has 0 N–H and O–H groups in total. The van der Waals surface area contributed by atoms with E-state index < -0.39 is 17.3 Å². The molecule has 2 aromatic rings. The molecule has 8 heteroatoms. The molecule has 0 bridgehead atoms. The minimum atomic E-state index is -0.962. The molecular weight excluding hydrogens is 428 g/mol. The average molecular weight is 459 g/mol. The lowest BCUT2D eigenvalue weighted by molar-refractivity contribution is -0.152. The van der Waals surface area contributed by atoms with Gasteiger partial charge in [0.25, 0.3) is 5.91 Å². The molecule has 172 valence electrons. The van der Waals surface area contributed by atoms with Crippen LogP contribution in [-0.4, -0.2) is 63.8 Å². The number of methoxy groups -OCH3 is 1. The van der Waals surface area contributed by atoms with Gasteiger partial charge < -0.3 is 24.0 Å². The Morgan fingerprint density at radius 2 is 1.81 bits per heavy atom. The summed E-state index contributed by atoms with van der Waals surface area (Å²) < 4.78 is 16.6. The molecule has 0 aromatic heterocycles. The molecule has 1 heterocycles. The quantitative estimate of drug-likeness (QED) is 0.558. The summed E-state index contributed by atoms with van der Waals surface area (Å²) in [7, 11) is 5.52. The Kier molecular flexibility index (Phi) is 8.04. The number of likely N-dealkylation sites (N-methyl/N-ethyl adjacent to an activating group) is 1. The second-order valence-corrected chi connectivity index (χ2v) is 8.88. The maximum atomic E-state index is 13.7. The number of carbonyl (C=O) groups is 2. The van der Waals surface area contributed by atoms with Gasteiger partial charge in [0.15, 0.2) is 6.10 Å². The standard InChI is InChI=1S/C24H30N2O5S/c1-6-30-19-11-12-20-21(15-19)32-23(17-7-9-18(29-5)10-8-17)22(31-16(2)27)24(28)26(20)14-13-25(3)4/h7-12,15,22-23H,6,13-14H2,1-5H3/t22-,23+/m0/s1. The van der Waals surface area contributed by atoms with E-state index in [2.05, 4.69) is 0 Å². The fraction of sp³-hybridized carbons (Fsp3) is 0.417. The number of nitrogens with zero attached hydrogens (tertiary/aromatic N) is 2. The van der Waals surface area contributed by atoms with Crippen molar-refractivity contribution in [3.8, 4) is 11.5 Å². The third-order valence-electron chi connectivity index (χ3n) is 5.08. The predicted octanol–water partition coefficient (Wildman–Crippen LogP) is 3.77. The van der Waals surface area contributed by atoms with Crippen LogP contribution < -0.4 is 14.4 Å². The van der Waals surface area contributed by atoms with Crippen molar-refractivity contribution < 1.29 is 23.8 Å². The molecule has 7 nitrogen and oxygen atoms in total. The van der Waals surface area contributed by atoms with Gasteiger partial charge in [-0.1, -0.05) is 12.1 Å². The number of esters is 1. The van der Waals surface area contributed by atoms with Gasteiger partial charge in [-0.25, -0.2) is 0 Å². The summed E-state index contributed by atoms with van der Waals surface area (Å²) in [6, 6.07) is 13.2. The molecule has 0 saturated heterocycles. The number of benzene rings is 2. The van der Waals surface area contributed by atoms with Crippen molar-refractivity contribution in [1.82, 2.24) is 4.90 Å². The minimum Gasteiger partial charge on any atom is -0.497 e. The molecule has 1 aliphatic heterocycles. The molecule has 0 saturated carbocycles. The second-order valence-electron chi connectivity index (χ2n) is 7.70. The number of rotatable bonds is 8. The van der Waals surface area contributed by atoms with Crippen molar-refractivity contribution in [2.24, 2.45) is 0 Å². The third-order valence-corrected chi connectivity index (χ3v) is 6.43. The number of anilines is 1. The van der Waals surface area contributed by atoms with Crippen LogP contribution in [0.1, 0.15) is 24.7 Å². The Morgan fingerprint density at radius 3 is 2.41 bits per heavy atom. The molecule has 3 rings (SSSR count). The Morgan fingerprint density at radius 1 is 1.12 bits per heavy atom. The SMILES string of the molecule is CCOc1ccc2c(c1)S[C@H](c1ccc(OC)cc1)[C@H](OC(C)=O)C(=O)N2CCN(C)C. The van der Waals surface area contributed by atoms with Crippen LogP contribution in [0.25, 0.3) is 0 Å². The van der Waals surface area contributed by atoms with Crippen LogP contribution in [0.15, 0.2) is 47.4 Å². The lowest BCUT2D eigenvalue weighted by Gasteiger charge is -2.28. The number of carbonyl (C=O) groups excluding carboxylic acids is 2. The van der Waals surface area contributed by atoms with Crippen molar-refractivity contribution in [1.29, 1.82) is 0 Å². The normalized spacial score (nSPS) is 18.2. The van der Waals surface area contributed by atoms with E-state index >= 15 is 0 Å². The molecule has 0 fully saturated rings. The number of hydrogen-bond donors (Lipinski definition) is 0. The van der Waals surface area contributed by atoms with Gasteiger partial charge in [-0.2, -0.15) is 0 Å². The van der Waals surface area contributed by atoms with Crippen molar-refractivity contribution in [2.75, 3.05) is 45.8 Å². The van der Waals surface area contributed by atoms with Gasteiger partial charge in [-0.15, -0.1) is 11.8 Å². The van der Waals surface area contributed by atoms with Crippen LogP contribution in [0.4, 0.5) is 5.69 Å². The van der Waals surface area contributed by atoms with Crippen LogP contribution in [0.2, 0.25) is 0 Å². The fourth-order valence-corrected chi connectivity index (χ4v) is 4.87. The topological polar surface area (TPSA) is 68.3 Å². The summed E-state index contributed by atoms with van der Waals surface area (Å²) in [6.07, 6.45) is -0.962. The van der Waals surface area contributed by atoms with E-state index in [0.29, 0.717) is 19.7 Å². The van der Waals surface area contributed by atoms with Gasteiger partial charge in [-0.05, 0) is 56.9 Å². The highest BCUT2D eigenvalue weighted by atomic mass is 32.2. The maximum Gasteiger partial charge on any atom is 0.303 e. The highest BCUT2D eigenvalue weighted by Gasteiger charge is 2.41. The number of thioether (sulfide) groups is 1. The van der Waals surface area contributed by atoms with E-state index in [-0.39, 0.29) is 5.91 Å². The average Bonchev–Trinajstić information content (AvgIpc) is 2.87. The summed E-state index contributed by atoms with van der Waals surface area (Å²) >= 11 is 1.50. The van der Waals surface area contributed by atoms with E-state index in [1.54, 1.807) is 12.0 Å². The number of ether oxygens (including phenoxy) is 3. The first-order valence-electron chi connectivity index (χ1n) is 10.5. The maximum absolute atomic E-state index is 13.7. The lowest BCUT2D eigenvalue weighted by atomic mass is 10.1. The highest BCUT2D eigenvalue weighted by Crippen LogP contribution is 2.48. The van der Waals surface area contributed by atoms with Crippen molar-refractivity contribution in [2.45, 2.75) is 30.1 Å². The Bertz CT molecular complexity index is 948. The van der Waals surface area contributed by atoms with Crippen LogP contribution in [0, 0.1) is 0 Å². The van der Waals surface area contributed by atoms with Gasteiger partial charge in [0.2, 0.25) is 0 Å². The zero-order valence-corrected chi connectivity index (χ0v) is 20.0. The molecular formula is C24H30N2O5S. The highest BCUT2D eigenvalue weighted by molar-refractivity contribution is 7.99. The van der Waals surface area contributed by atoms with Crippen molar-refractivity contribution >= 4 is 29.3 Å². The molecule has 0 unspecified atom stereocenters. The van der Waals surface area contributed by atoms with E-state index in [0.717, 1.165) is 27.6 Å². The molecule has 2 atom stereocenters. The summed E-state index contributed by atoms with van der Waals surface area (Å²) in [4.78, 5) is 30.4. The molecule has 0 aliphatic carbocycles. The van der Waals surface area contributed by atoms with Crippen LogP contribution in [0.5, 0.6) is 11.5 Å². The molecule has 32 heavy (non-hydrogen) atoms. The van der Waals surface area contributed by atoms with E-state index in [9.17, 15) is 9.59 Å². The molecule has 0 spiro atoms. The molecule has 2 aromatic carbocycles.